The molecule has 50 heavy (non-hydrogen) atoms. The molecule has 3 heterocycles. The highest BCUT2D eigenvalue weighted by atomic mass is 16.5. The zero-order chi connectivity index (χ0) is 34.9. The number of rotatable bonds is 8. The predicted octanol–water partition coefficient (Wildman–Crippen LogP) is 4.08. The van der Waals surface area contributed by atoms with E-state index in [0.29, 0.717) is 64.9 Å². The minimum Gasteiger partial charge on any atom is -0.491 e. The predicted molar refractivity (Wildman–Crippen MR) is 182 cm³/mol. The summed E-state index contributed by atoms with van der Waals surface area (Å²) in [5, 5.41) is 10.1. The zero-order valence-electron chi connectivity index (χ0n) is 27.9. The van der Waals surface area contributed by atoms with E-state index in [1.165, 1.54) is 4.58 Å². The van der Waals surface area contributed by atoms with E-state index in [0.717, 1.165) is 18.4 Å². The Labute approximate surface area is 288 Å². The Bertz CT molecular complexity index is 2030. The maximum absolute atomic E-state index is 14.6. The number of carbonyl (C=O) groups excluding carboxylic acids is 5. The van der Waals surface area contributed by atoms with Crippen molar-refractivity contribution in [3.8, 4) is 5.75 Å². The molecule has 0 saturated heterocycles. The van der Waals surface area contributed by atoms with Gasteiger partial charge in [-0.25, -0.2) is 9.59 Å². The Morgan fingerprint density at radius 1 is 0.940 bits per heavy atom. The van der Waals surface area contributed by atoms with Crippen molar-refractivity contribution in [2.75, 3.05) is 26.7 Å². The normalized spacial score (nSPS) is 19.9. The number of aromatic nitrogens is 1. The van der Waals surface area contributed by atoms with Crippen LogP contribution in [0.2, 0.25) is 0 Å². The van der Waals surface area contributed by atoms with Crippen molar-refractivity contribution >= 4 is 46.2 Å². The van der Waals surface area contributed by atoms with Crippen LogP contribution in [0.3, 0.4) is 0 Å². The van der Waals surface area contributed by atoms with Gasteiger partial charge in [0.15, 0.2) is 17.0 Å². The summed E-state index contributed by atoms with van der Waals surface area (Å²) in [7, 11) is 1.58. The number of nitrogens with one attached hydrogen (secondary N) is 2. The second-order valence-electron chi connectivity index (χ2n) is 12.9. The van der Waals surface area contributed by atoms with E-state index in [9.17, 15) is 24.0 Å². The molecule has 0 bridgehead atoms. The number of amides is 5. The Kier molecular flexibility index (Phi) is 9.00. The van der Waals surface area contributed by atoms with Crippen LogP contribution in [-0.4, -0.2) is 76.6 Å². The van der Waals surface area contributed by atoms with Crippen LogP contribution in [0, 0.1) is 11.8 Å². The molecule has 0 spiro atoms. The van der Waals surface area contributed by atoms with Crippen LogP contribution in [-0.2, 0) is 16.0 Å². The SMILES string of the molecule is CNC(=O)[C@H]1CCCC[C@H]1C(=O)N1CCc2cccc(OCCNC(=O)c3noc4ccccc34)c2[C@H]1C(C)=[N+]1C(=O)c2ccccc2C1=O. The highest BCUT2D eigenvalue weighted by Gasteiger charge is 2.49. The van der Waals surface area contributed by atoms with E-state index in [4.69, 9.17) is 9.26 Å². The summed E-state index contributed by atoms with van der Waals surface area (Å²) in [6.07, 6.45) is 3.37. The number of imide groups is 1. The summed E-state index contributed by atoms with van der Waals surface area (Å²) in [6.45, 7) is 2.28. The van der Waals surface area contributed by atoms with Crippen molar-refractivity contribution in [2.45, 2.75) is 45.1 Å². The molecule has 1 saturated carbocycles. The maximum Gasteiger partial charge on any atom is 0.428 e. The third-order valence-corrected chi connectivity index (χ3v) is 10.1. The van der Waals surface area contributed by atoms with Crippen LogP contribution < -0.4 is 15.4 Å². The van der Waals surface area contributed by atoms with Gasteiger partial charge in [-0.1, -0.05) is 59.0 Å². The van der Waals surface area contributed by atoms with Gasteiger partial charge in [0.2, 0.25) is 11.8 Å². The molecule has 1 aromatic heterocycles. The molecular weight excluding hydrogens is 638 g/mol. The molecule has 12 heteroatoms. The Balaban J connectivity index is 1.22. The Morgan fingerprint density at radius 2 is 1.64 bits per heavy atom. The first-order valence-corrected chi connectivity index (χ1v) is 17.0. The van der Waals surface area contributed by atoms with Crippen molar-refractivity contribution in [3.63, 3.8) is 0 Å². The number of carbonyl (C=O) groups is 5. The number of nitrogens with zero attached hydrogens (tertiary/aromatic N) is 3. The Morgan fingerprint density at radius 3 is 2.38 bits per heavy atom. The lowest BCUT2D eigenvalue weighted by atomic mass is 9.77. The third-order valence-electron chi connectivity index (χ3n) is 10.1. The molecule has 3 aliphatic rings. The summed E-state index contributed by atoms with van der Waals surface area (Å²) in [5.74, 6) is -2.21. The van der Waals surface area contributed by atoms with Gasteiger partial charge >= 0.3 is 11.8 Å². The molecule has 1 aliphatic carbocycles. The number of ether oxygens (including phenoxy) is 1. The van der Waals surface area contributed by atoms with Gasteiger partial charge in [0.05, 0.1) is 11.9 Å². The topological polar surface area (TPSA) is 151 Å². The number of benzene rings is 3. The van der Waals surface area contributed by atoms with Gasteiger partial charge in [-0.2, -0.15) is 0 Å². The van der Waals surface area contributed by atoms with Gasteiger partial charge in [0.25, 0.3) is 5.91 Å². The van der Waals surface area contributed by atoms with Crippen molar-refractivity contribution in [2.24, 2.45) is 11.8 Å². The summed E-state index contributed by atoms with van der Waals surface area (Å²) < 4.78 is 12.7. The lowest BCUT2D eigenvalue weighted by molar-refractivity contribution is -0.327. The second-order valence-corrected chi connectivity index (χ2v) is 12.9. The van der Waals surface area contributed by atoms with Crippen molar-refractivity contribution < 1.29 is 37.8 Å². The van der Waals surface area contributed by atoms with Crippen molar-refractivity contribution in [3.05, 3.63) is 94.7 Å². The van der Waals surface area contributed by atoms with Crippen LogP contribution in [0.15, 0.2) is 71.3 Å². The van der Waals surface area contributed by atoms with E-state index in [1.54, 1.807) is 73.5 Å². The average molecular weight is 677 g/mol. The molecule has 0 unspecified atom stereocenters. The minimum absolute atomic E-state index is 0.0894. The first kappa shape index (κ1) is 32.9. The summed E-state index contributed by atoms with van der Waals surface area (Å²) in [4.78, 5) is 69.7. The van der Waals surface area contributed by atoms with Crippen molar-refractivity contribution in [1.82, 2.24) is 20.7 Å². The molecule has 256 valence electrons. The van der Waals surface area contributed by atoms with Gasteiger partial charge in [-0.05, 0) is 55.2 Å². The smallest absolute Gasteiger partial charge is 0.428 e. The first-order valence-electron chi connectivity index (χ1n) is 17.0. The highest BCUT2D eigenvalue weighted by molar-refractivity contribution is 6.16. The fourth-order valence-corrected chi connectivity index (χ4v) is 7.67. The van der Waals surface area contributed by atoms with Gasteiger partial charge in [0, 0.05) is 37.9 Å². The lowest BCUT2D eigenvalue weighted by Gasteiger charge is -2.40. The van der Waals surface area contributed by atoms with Crippen molar-refractivity contribution in [1.29, 1.82) is 0 Å². The fraction of sp³-hybridized carbons (Fsp3) is 0.342. The molecule has 3 atom stereocenters. The summed E-state index contributed by atoms with van der Waals surface area (Å²) in [5.41, 5.74) is 3.25. The van der Waals surface area contributed by atoms with Gasteiger partial charge < -0.3 is 24.8 Å². The molecule has 3 aromatic carbocycles. The number of hydrogen-bond acceptors (Lipinski definition) is 8. The molecule has 1 fully saturated rings. The van der Waals surface area contributed by atoms with E-state index in [1.807, 2.05) is 12.1 Å². The van der Waals surface area contributed by atoms with E-state index < -0.39 is 35.6 Å². The molecule has 5 amide bonds. The van der Waals surface area contributed by atoms with Crippen LogP contribution in [0.25, 0.3) is 11.0 Å². The largest absolute Gasteiger partial charge is 0.491 e. The number of fused-ring (bicyclic) bond motifs is 3. The molecule has 12 nitrogen and oxygen atoms in total. The monoisotopic (exact) mass is 676 g/mol. The molecule has 2 aliphatic heterocycles. The first-order chi connectivity index (χ1) is 24.3. The Hall–Kier alpha value is -5.65. The van der Waals surface area contributed by atoms with Crippen LogP contribution in [0.1, 0.15) is 81.0 Å². The maximum atomic E-state index is 14.6. The van der Waals surface area contributed by atoms with Gasteiger partial charge in [-0.15, -0.1) is 0 Å². The van der Waals surface area contributed by atoms with Gasteiger partial charge in [-0.3, -0.25) is 14.4 Å². The molecule has 4 aromatic rings. The minimum atomic E-state index is -0.826. The standard InChI is InChI=1S/C38H37N5O7/c1-22(43-37(47)26-13-5-6-14-27(26)38(43)48)33-31-23(18-20-42(33)36(46)25-12-4-3-11-24(25)34(44)39-2)10-9-17-30(31)49-21-19-40-35(45)32-28-15-7-8-16-29(28)50-41-32/h5-10,13-17,24-25,33H,3-4,11-12,18-21H2,1-2H3,(H-,39,40,44,45)/p+1/t24-,25+,33+/m0/s1. The lowest BCUT2D eigenvalue weighted by Crippen LogP contribution is -2.51. The summed E-state index contributed by atoms with van der Waals surface area (Å²) in [6, 6.07) is 18.6. The van der Waals surface area contributed by atoms with Crippen LogP contribution >= 0.6 is 0 Å². The molecular formula is C38H38N5O7+. The van der Waals surface area contributed by atoms with E-state index in [-0.39, 0.29) is 30.7 Å². The third kappa shape index (κ3) is 5.74. The fourth-order valence-electron chi connectivity index (χ4n) is 7.67. The van der Waals surface area contributed by atoms with E-state index in [2.05, 4.69) is 15.8 Å². The molecule has 0 radical (unpaired) electrons. The quantitative estimate of drug-likeness (QED) is 0.161. The summed E-state index contributed by atoms with van der Waals surface area (Å²) >= 11 is 0. The molecule has 7 rings (SSSR count). The second kappa shape index (κ2) is 13.7. The van der Waals surface area contributed by atoms with Crippen LogP contribution in [0.5, 0.6) is 5.75 Å². The molecule has 2 N–H and O–H groups in total. The number of hydrogen-bond donors (Lipinski definition) is 2. The van der Waals surface area contributed by atoms with Crippen LogP contribution in [0.4, 0.5) is 0 Å². The zero-order valence-corrected chi connectivity index (χ0v) is 27.9. The number of para-hydroxylation sites is 1. The highest BCUT2D eigenvalue weighted by Crippen LogP contribution is 2.41. The van der Waals surface area contributed by atoms with E-state index >= 15 is 0 Å². The average Bonchev–Trinajstić information content (AvgIpc) is 3.70. The van der Waals surface area contributed by atoms with Gasteiger partial charge in [0.1, 0.15) is 29.5 Å².